The molecule has 2 atom stereocenters. The molecule has 2 saturated heterocycles. The van der Waals surface area contributed by atoms with Crippen LogP contribution in [-0.4, -0.2) is 67.7 Å². The summed E-state index contributed by atoms with van der Waals surface area (Å²) in [7, 11) is 0. The normalized spacial score (nSPS) is 20.8. The van der Waals surface area contributed by atoms with Gasteiger partial charge in [0.2, 0.25) is 0 Å². The minimum atomic E-state index is -4.62. The molecule has 14 heteroatoms. The number of rotatable bonds is 8. The number of hydrogen-bond donors (Lipinski definition) is 3. The molecule has 2 aromatic rings. The molecule has 2 aliphatic rings. The van der Waals surface area contributed by atoms with Gasteiger partial charge in [0, 0.05) is 29.4 Å². The highest BCUT2D eigenvalue weighted by atomic mass is 32.1. The van der Waals surface area contributed by atoms with Crippen LogP contribution in [0.4, 0.5) is 27.8 Å². The third kappa shape index (κ3) is 6.01. The molecule has 0 spiro atoms. The molecule has 2 fully saturated rings. The first-order valence-corrected chi connectivity index (χ1v) is 13.4. The zero-order chi connectivity index (χ0) is 28.9. The predicted octanol–water partition coefficient (Wildman–Crippen LogP) is 5.16. The smallest absolute Gasteiger partial charge is 0.388 e. The molecular formula is C25H30F5N5O3S. The fraction of sp³-hybridized carbons (Fsp3) is 0.600. The maximum atomic E-state index is 14.2. The number of aliphatic hydroxyl groups is 1. The summed E-state index contributed by atoms with van der Waals surface area (Å²) in [5.74, 6) is -1.61. The Kier molecular flexibility index (Phi) is 7.92. The zero-order valence-corrected chi connectivity index (χ0v) is 22.6. The number of alkyl halides is 5. The second-order valence-corrected chi connectivity index (χ2v) is 11.6. The van der Waals surface area contributed by atoms with E-state index >= 15 is 0 Å². The van der Waals surface area contributed by atoms with Gasteiger partial charge >= 0.3 is 6.18 Å². The number of pyridine rings is 1. The lowest BCUT2D eigenvalue weighted by Crippen LogP contribution is -2.47. The van der Waals surface area contributed by atoms with Crippen LogP contribution in [0.5, 0.6) is 0 Å². The molecule has 0 aromatic carbocycles. The van der Waals surface area contributed by atoms with Gasteiger partial charge < -0.3 is 20.6 Å². The lowest BCUT2D eigenvalue weighted by molar-refractivity contribution is -0.138. The van der Waals surface area contributed by atoms with Crippen LogP contribution in [0.15, 0.2) is 12.3 Å². The Bertz CT molecular complexity index is 1230. The molecule has 0 saturated carbocycles. The number of thiazole rings is 1. The number of nitrogens with one attached hydrogen (secondary N) is 2. The van der Waals surface area contributed by atoms with E-state index in [1.54, 1.807) is 11.8 Å². The van der Waals surface area contributed by atoms with Gasteiger partial charge in [-0.25, -0.2) is 18.7 Å². The highest BCUT2D eigenvalue weighted by Gasteiger charge is 2.44. The van der Waals surface area contributed by atoms with E-state index in [2.05, 4.69) is 20.6 Å². The summed E-state index contributed by atoms with van der Waals surface area (Å²) in [6, 6.07) is -1.95. The number of amides is 2. The van der Waals surface area contributed by atoms with Gasteiger partial charge in [-0.2, -0.15) is 13.2 Å². The van der Waals surface area contributed by atoms with Crippen LogP contribution in [0.3, 0.4) is 0 Å². The van der Waals surface area contributed by atoms with Gasteiger partial charge in [0.05, 0.1) is 16.5 Å². The topological polar surface area (TPSA) is 107 Å². The van der Waals surface area contributed by atoms with Crippen molar-refractivity contribution in [3.05, 3.63) is 28.5 Å². The number of halogens is 5. The molecule has 2 bridgehead atoms. The van der Waals surface area contributed by atoms with E-state index in [0.29, 0.717) is 11.3 Å². The van der Waals surface area contributed by atoms with Crippen LogP contribution in [0, 0.1) is 0 Å². The first-order valence-electron chi connectivity index (χ1n) is 12.6. The summed E-state index contributed by atoms with van der Waals surface area (Å²) in [5.41, 5.74) is -2.31. The van der Waals surface area contributed by atoms with Crippen LogP contribution in [-0.2, 0) is 0 Å². The van der Waals surface area contributed by atoms with Crippen molar-refractivity contribution >= 4 is 29.0 Å². The van der Waals surface area contributed by atoms with E-state index in [1.807, 2.05) is 0 Å². The summed E-state index contributed by atoms with van der Waals surface area (Å²) in [6.07, 6.45) is -3.52. The van der Waals surface area contributed by atoms with Crippen molar-refractivity contribution in [1.29, 1.82) is 0 Å². The molecular weight excluding hydrogens is 545 g/mol. The van der Waals surface area contributed by atoms with Gasteiger partial charge in [0.25, 0.3) is 18.2 Å². The molecule has 4 rings (SSSR count). The molecule has 2 aromatic heterocycles. The average molecular weight is 576 g/mol. The molecule has 39 heavy (non-hydrogen) atoms. The van der Waals surface area contributed by atoms with Crippen molar-refractivity contribution < 1.29 is 36.6 Å². The zero-order valence-electron chi connectivity index (χ0n) is 21.8. The lowest BCUT2D eigenvalue weighted by atomic mass is 10.0. The monoisotopic (exact) mass is 575 g/mol. The average Bonchev–Trinajstić information content (AvgIpc) is 3.57. The van der Waals surface area contributed by atoms with Crippen LogP contribution in [0.2, 0.25) is 0 Å². The van der Waals surface area contributed by atoms with Gasteiger partial charge in [-0.3, -0.25) is 9.59 Å². The van der Waals surface area contributed by atoms with E-state index in [1.165, 1.54) is 13.8 Å². The van der Waals surface area contributed by atoms with Crippen molar-refractivity contribution in [1.82, 2.24) is 20.2 Å². The number of anilines is 1. The summed E-state index contributed by atoms with van der Waals surface area (Å²) in [6.45, 7) is 5.41. The third-order valence-corrected chi connectivity index (χ3v) is 8.48. The van der Waals surface area contributed by atoms with Crippen LogP contribution in [0.25, 0.3) is 10.4 Å². The van der Waals surface area contributed by atoms with Gasteiger partial charge in [0.1, 0.15) is 17.6 Å². The molecule has 3 N–H and O–H groups in total. The van der Waals surface area contributed by atoms with Crippen LogP contribution in [0.1, 0.15) is 85.7 Å². The molecule has 4 heterocycles. The van der Waals surface area contributed by atoms with E-state index in [-0.39, 0.29) is 33.2 Å². The van der Waals surface area contributed by atoms with Gasteiger partial charge in [0.15, 0.2) is 5.01 Å². The van der Waals surface area contributed by atoms with Crippen molar-refractivity contribution in [3.8, 4) is 10.4 Å². The van der Waals surface area contributed by atoms with Crippen LogP contribution >= 0.6 is 11.3 Å². The fourth-order valence-corrected chi connectivity index (χ4v) is 5.76. The van der Waals surface area contributed by atoms with Crippen molar-refractivity contribution in [2.75, 3.05) is 5.32 Å². The highest BCUT2D eigenvalue weighted by molar-refractivity contribution is 7.17. The van der Waals surface area contributed by atoms with Gasteiger partial charge in [-0.15, -0.1) is 11.3 Å². The standard InChI is InChI=1S/C25H30F5N5O3S/c1-11(24(3,4)38)33-21(36)22-34-18(23(37)35-13-5-6-14(35)8-7-13)19(39-22)16-10-31-17(9-15(16)20(26)27)32-12(2)25(28,29)30/h9-14,20,38H,5-8H2,1-4H3,(H,31,32)(H,33,36)/t11-,12+,13?,14?/m1/s1. The Morgan fingerprint density at radius 3 is 2.21 bits per heavy atom. The minimum absolute atomic E-state index is 0.00679. The van der Waals surface area contributed by atoms with Crippen molar-refractivity contribution in [2.24, 2.45) is 0 Å². The Hall–Kier alpha value is -2.87. The second-order valence-electron chi connectivity index (χ2n) is 10.6. The molecule has 0 radical (unpaired) electrons. The maximum Gasteiger partial charge on any atom is 0.408 e. The number of nitrogens with zero attached hydrogens (tertiary/aromatic N) is 3. The van der Waals surface area contributed by atoms with Gasteiger partial charge in [-0.1, -0.05) is 0 Å². The summed E-state index contributed by atoms with van der Waals surface area (Å²) < 4.78 is 67.4. The highest BCUT2D eigenvalue weighted by Crippen LogP contribution is 2.42. The van der Waals surface area contributed by atoms with E-state index in [9.17, 15) is 36.6 Å². The number of aromatic nitrogens is 2. The summed E-state index contributed by atoms with van der Waals surface area (Å²) >= 11 is 0.713. The molecule has 214 valence electrons. The first-order chi connectivity index (χ1) is 18.1. The van der Waals surface area contributed by atoms with Gasteiger partial charge in [-0.05, 0) is 59.4 Å². The number of hydrogen-bond acceptors (Lipinski definition) is 7. The SMILES string of the molecule is C[C@H](Nc1cc(C(F)F)c(-c2sc(C(=O)N[C@H](C)C(C)(C)O)nc2C(=O)N2C3CCC2CC3)cn1)C(F)(F)F. The number of fused-ring (bicyclic) bond motifs is 2. The van der Waals surface area contributed by atoms with E-state index in [4.69, 9.17) is 0 Å². The number of carbonyl (C=O) groups is 2. The third-order valence-electron chi connectivity index (χ3n) is 7.39. The molecule has 2 aliphatic heterocycles. The molecule has 0 aliphatic carbocycles. The maximum absolute atomic E-state index is 14.2. The second kappa shape index (κ2) is 10.6. The summed E-state index contributed by atoms with van der Waals surface area (Å²) in [5, 5.41) is 14.7. The first kappa shape index (κ1) is 29.1. The fourth-order valence-electron chi connectivity index (χ4n) is 4.77. The molecule has 2 amide bonds. The van der Waals surface area contributed by atoms with E-state index < -0.39 is 53.5 Å². The number of carbonyl (C=O) groups excluding carboxylic acids is 2. The summed E-state index contributed by atoms with van der Waals surface area (Å²) in [4.78, 5) is 36.5. The Labute approximate surface area is 226 Å². The Balaban J connectivity index is 1.77. The van der Waals surface area contributed by atoms with Crippen molar-refractivity contribution in [3.63, 3.8) is 0 Å². The largest absolute Gasteiger partial charge is 0.408 e. The van der Waals surface area contributed by atoms with E-state index in [0.717, 1.165) is 44.9 Å². The quantitative estimate of drug-likeness (QED) is 0.376. The molecule has 8 nitrogen and oxygen atoms in total. The molecule has 0 unspecified atom stereocenters. The lowest BCUT2D eigenvalue weighted by Gasteiger charge is -2.26. The Morgan fingerprint density at radius 2 is 1.69 bits per heavy atom. The minimum Gasteiger partial charge on any atom is -0.388 e. The predicted molar refractivity (Wildman–Crippen MR) is 135 cm³/mol. The van der Waals surface area contributed by atoms with Crippen LogP contribution < -0.4 is 10.6 Å². The Morgan fingerprint density at radius 1 is 1.10 bits per heavy atom. The van der Waals surface area contributed by atoms with Crippen molar-refractivity contribution in [2.45, 2.75) is 95.7 Å².